The first-order valence-corrected chi connectivity index (χ1v) is 11.2. The van der Waals surface area contributed by atoms with Crippen LogP contribution in [0.25, 0.3) is 0 Å². The number of hydrogen-bond acceptors (Lipinski definition) is 9. The highest BCUT2D eigenvalue weighted by atomic mass is 16.6. The van der Waals surface area contributed by atoms with Crippen molar-refractivity contribution in [1.82, 2.24) is 14.9 Å². The van der Waals surface area contributed by atoms with E-state index in [2.05, 4.69) is 44.4 Å². The van der Waals surface area contributed by atoms with Gasteiger partial charge in [0.15, 0.2) is 0 Å². The van der Waals surface area contributed by atoms with Crippen LogP contribution < -0.4 is 21.1 Å². The summed E-state index contributed by atoms with van der Waals surface area (Å²) in [5, 5.41) is 23.7. The molecule has 3 N–H and O–H groups in total. The molecule has 2 fully saturated rings. The van der Waals surface area contributed by atoms with Crippen molar-refractivity contribution in [2.75, 3.05) is 47.2 Å². The molecule has 1 aromatic heterocycles. The fourth-order valence-corrected chi connectivity index (χ4v) is 4.34. The van der Waals surface area contributed by atoms with Gasteiger partial charge in [0.25, 0.3) is 11.6 Å². The lowest BCUT2D eigenvalue weighted by Crippen LogP contribution is -2.35. The normalized spacial score (nSPS) is 18.4. The van der Waals surface area contributed by atoms with Crippen LogP contribution >= 0.6 is 0 Å². The summed E-state index contributed by atoms with van der Waals surface area (Å²) < 4.78 is 1.22. The van der Waals surface area contributed by atoms with Gasteiger partial charge in [-0.3, -0.25) is 10.1 Å². The van der Waals surface area contributed by atoms with Crippen molar-refractivity contribution in [3.63, 3.8) is 0 Å². The fraction of sp³-hybridized carbons (Fsp3) is 0.571. The number of nitro benzene ring substituents is 1. The van der Waals surface area contributed by atoms with Crippen LogP contribution in [-0.4, -0.2) is 52.2 Å². The molecule has 11 nitrogen and oxygen atoms in total. The van der Waals surface area contributed by atoms with Crippen LogP contribution in [0.1, 0.15) is 45.1 Å². The zero-order valence-electron chi connectivity index (χ0n) is 18.6. The smallest absolute Gasteiger partial charge is 0.293 e. The van der Waals surface area contributed by atoms with Crippen LogP contribution in [0.4, 0.5) is 23.0 Å². The lowest BCUT2D eigenvalue weighted by atomic mass is 9.96. The molecule has 2 aliphatic rings. The molecule has 32 heavy (non-hydrogen) atoms. The zero-order chi connectivity index (χ0) is 22.7. The number of nitro groups is 1. The van der Waals surface area contributed by atoms with Crippen LogP contribution in [-0.2, 0) is 0 Å². The Morgan fingerprint density at radius 2 is 1.69 bits per heavy atom. The van der Waals surface area contributed by atoms with Gasteiger partial charge >= 0.3 is 0 Å². The first-order valence-electron chi connectivity index (χ1n) is 11.2. The van der Waals surface area contributed by atoms with Crippen LogP contribution in [0.2, 0.25) is 0 Å². The summed E-state index contributed by atoms with van der Waals surface area (Å²) in [5.41, 5.74) is 5.21. The topological polar surface area (TPSA) is 131 Å². The van der Waals surface area contributed by atoms with E-state index in [4.69, 9.17) is 5.84 Å². The van der Waals surface area contributed by atoms with Gasteiger partial charge in [-0.2, -0.15) is 5.10 Å². The van der Waals surface area contributed by atoms with Gasteiger partial charge in [-0.05, 0) is 43.6 Å². The van der Waals surface area contributed by atoms with Crippen LogP contribution in [0.5, 0.6) is 0 Å². The highest BCUT2D eigenvalue weighted by molar-refractivity contribution is 5.92. The Kier molecular flexibility index (Phi) is 6.42. The standard InChI is InChI=1S/C21H31N9O2/c1-15-3-7-27(8-4-15)18-12-19(28-9-5-16(2)6-10-28)20(30(31)32)11-17(18)13-23-25-21-26-24-14-29(21)22/h11-16H,3-10,22H2,1-2H3,(H,25,26). The molecular formula is C21H31N9O2. The van der Waals surface area contributed by atoms with Gasteiger partial charge in [0, 0.05) is 43.5 Å². The largest absolute Gasteiger partial charge is 0.371 e. The minimum absolute atomic E-state index is 0.108. The highest BCUT2D eigenvalue weighted by Gasteiger charge is 2.27. The van der Waals surface area contributed by atoms with E-state index in [0.29, 0.717) is 23.1 Å². The molecule has 1 aromatic carbocycles. The molecule has 3 heterocycles. The number of hydrogen-bond donors (Lipinski definition) is 2. The van der Waals surface area contributed by atoms with Crippen molar-refractivity contribution in [3.8, 4) is 0 Å². The number of hydrazone groups is 1. The summed E-state index contributed by atoms with van der Waals surface area (Å²) in [6.07, 6.45) is 7.23. The molecule has 0 saturated carbocycles. The number of nitrogens with zero attached hydrogens (tertiary/aromatic N) is 7. The van der Waals surface area contributed by atoms with E-state index in [0.717, 1.165) is 57.5 Å². The van der Waals surface area contributed by atoms with Crippen LogP contribution in [0, 0.1) is 22.0 Å². The molecule has 2 aliphatic heterocycles. The van der Waals surface area contributed by atoms with Crippen LogP contribution in [0.15, 0.2) is 23.6 Å². The van der Waals surface area contributed by atoms with Crippen LogP contribution in [0.3, 0.4) is 0 Å². The monoisotopic (exact) mass is 441 g/mol. The average molecular weight is 442 g/mol. The van der Waals surface area contributed by atoms with Crippen molar-refractivity contribution >= 4 is 29.2 Å². The maximum atomic E-state index is 12.0. The summed E-state index contributed by atoms with van der Waals surface area (Å²) in [6.45, 7) is 8.00. The Hall–Kier alpha value is -3.37. The molecule has 2 saturated heterocycles. The van der Waals surface area contributed by atoms with Gasteiger partial charge in [-0.15, -0.1) is 10.2 Å². The number of aromatic nitrogens is 3. The van der Waals surface area contributed by atoms with Gasteiger partial charge in [-0.25, -0.2) is 10.1 Å². The van der Waals surface area contributed by atoms with Crippen molar-refractivity contribution in [2.45, 2.75) is 39.5 Å². The lowest BCUT2D eigenvalue weighted by molar-refractivity contribution is -0.384. The van der Waals surface area contributed by atoms with Crippen molar-refractivity contribution < 1.29 is 4.92 Å². The molecule has 0 unspecified atom stereocenters. The molecular weight excluding hydrogens is 410 g/mol. The summed E-state index contributed by atoms with van der Waals surface area (Å²) in [5.74, 6) is 7.32. The Morgan fingerprint density at radius 1 is 1.09 bits per heavy atom. The molecule has 0 radical (unpaired) electrons. The minimum atomic E-state index is -0.295. The predicted octanol–water partition coefficient (Wildman–Crippen LogP) is 2.82. The summed E-state index contributed by atoms with van der Waals surface area (Å²) in [7, 11) is 0. The fourth-order valence-electron chi connectivity index (χ4n) is 4.34. The third kappa shape index (κ3) is 4.76. The maximum absolute atomic E-state index is 12.0. The van der Waals surface area contributed by atoms with E-state index in [1.54, 1.807) is 12.3 Å². The predicted molar refractivity (Wildman–Crippen MR) is 126 cm³/mol. The number of nitrogens with two attached hydrogens (primary N) is 1. The van der Waals surface area contributed by atoms with E-state index >= 15 is 0 Å². The van der Waals surface area contributed by atoms with Crippen molar-refractivity contribution in [3.05, 3.63) is 34.1 Å². The quantitative estimate of drug-likeness (QED) is 0.303. The van der Waals surface area contributed by atoms with E-state index < -0.39 is 0 Å². The number of rotatable bonds is 6. The molecule has 0 atom stereocenters. The summed E-state index contributed by atoms with van der Waals surface area (Å²) in [4.78, 5) is 16.2. The minimum Gasteiger partial charge on any atom is -0.371 e. The third-order valence-corrected chi connectivity index (χ3v) is 6.51. The molecule has 11 heteroatoms. The molecule has 0 amide bonds. The number of piperidine rings is 2. The maximum Gasteiger partial charge on any atom is 0.293 e. The Bertz CT molecular complexity index is 974. The third-order valence-electron chi connectivity index (χ3n) is 6.51. The molecule has 2 aromatic rings. The number of nitrogens with one attached hydrogen (secondary N) is 1. The highest BCUT2D eigenvalue weighted by Crippen LogP contribution is 2.38. The first kappa shape index (κ1) is 21.8. The second-order valence-corrected chi connectivity index (χ2v) is 8.93. The van der Waals surface area contributed by atoms with Crippen molar-refractivity contribution in [1.29, 1.82) is 0 Å². The molecule has 0 bridgehead atoms. The Labute approximate surface area is 187 Å². The van der Waals surface area contributed by atoms with Gasteiger partial charge in [0.05, 0.1) is 11.1 Å². The molecule has 0 aliphatic carbocycles. The van der Waals surface area contributed by atoms with Gasteiger partial charge in [0.1, 0.15) is 12.0 Å². The van der Waals surface area contributed by atoms with Gasteiger partial charge in [-0.1, -0.05) is 13.8 Å². The Balaban J connectivity index is 1.70. The van der Waals surface area contributed by atoms with E-state index in [1.807, 2.05) is 6.07 Å². The average Bonchev–Trinajstić information content (AvgIpc) is 3.19. The summed E-state index contributed by atoms with van der Waals surface area (Å²) >= 11 is 0. The number of nitrogen functional groups attached to an aromatic ring is 1. The zero-order valence-corrected chi connectivity index (χ0v) is 18.6. The molecule has 0 spiro atoms. The second kappa shape index (κ2) is 9.41. The molecule has 172 valence electrons. The van der Waals surface area contributed by atoms with Crippen molar-refractivity contribution in [2.24, 2.45) is 16.9 Å². The van der Waals surface area contributed by atoms with E-state index in [1.165, 1.54) is 11.0 Å². The summed E-state index contributed by atoms with van der Waals surface area (Å²) in [6, 6.07) is 3.62. The van der Waals surface area contributed by atoms with Gasteiger partial charge < -0.3 is 15.6 Å². The first-order chi connectivity index (χ1) is 15.4. The van der Waals surface area contributed by atoms with E-state index in [-0.39, 0.29) is 16.6 Å². The second-order valence-electron chi connectivity index (χ2n) is 8.93. The number of benzene rings is 1. The van der Waals surface area contributed by atoms with Gasteiger partial charge in [0.2, 0.25) is 0 Å². The Morgan fingerprint density at radius 3 is 2.22 bits per heavy atom. The molecule has 4 rings (SSSR count). The lowest BCUT2D eigenvalue weighted by Gasteiger charge is -2.35. The SMILES string of the molecule is CC1CCN(c2cc(N3CCC(C)CC3)c([N+](=O)[O-])cc2C=NNc2nncn2N)CC1. The van der Waals surface area contributed by atoms with E-state index in [9.17, 15) is 10.1 Å². The number of anilines is 3.